The summed E-state index contributed by atoms with van der Waals surface area (Å²) in [5.74, 6) is -0.507. The molecule has 0 atom stereocenters. The molecule has 0 radical (unpaired) electrons. The molecule has 0 aliphatic rings. The quantitative estimate of drug-likeness (QED) is 0.818. The van der Waals surface area contributed by atoms with E-state index >= 15 is 0 Å². The van der Waals surface area contributed by atoms with Crippen molar-refractivity contribution in [1.29, 1.82) is 0 Å². The summed E-state index contributed by atoms with van der Waals surface area (Å²) in [7, 11) is 0. The summed E-state index contributed by atoms with van der Waals surface area (Å²) < 4.78 is 5.28. The predicted molar refractivity (Wildman–Crippen MR) is 65.1 cm³/mol. The average Bonchev–Trinajstić information content (AvgIpc) is 2.29. The first-order valence-electron chi connectivity index (χ1n) is 5.24. The van der Waals surface area contributed by atoms with Crippen LogP contribution in [0.5, 0.6) is 5.75 Å². The van der Waals surface area contributed by atoms with Gasteiger partial charge in [-0.15, -0.1) is 0 Å². The Morgan fingerprint density at radius 2 is 2.12 bits per heavy atom. The summed E-state index contributed by atoms with van der Waals surface area (Å²) in [6.07, 6.45) is 0. The number of hydrogen-bond donors (Lipinski definition) is 1. The molecule has 0 spiro atoms. The highest BCUT2D eigenvalue weighted by atomic mass is 35.5. The van der Waals surface area contributed by atoms with Gasteiger partial charge in [-0.05, 0) is 24.6 Å². The molecule has 1 aromatic rings. The van der Waals surface area contributed by atoms with E-state index in [0.717, 1.165) is 5.56 Å². The van der Waals surface area contributed by atoms with Gasteiger partial charge >= 0.3 is 0 Å². The number of ether oxygens (including phenoxy) is 1. The maximum absolute atomic E-state index is 11.1. The summed E-state index contributed by atoms with van der Waals surface area (Å²) >= 11 is 5.98. The lowest BCUT2D eigenvalue weighted by atomic mass is 10.2. The Morgan fingerprint density at radius 1 is 1.41 bits per heavy atom. The number of amides is 1. The van der Waals surface area contributed by atoms with E-state index in [9.17, 15) is 9.59 Å². The van der Waals surface area contributed by atoms with E-state index in [1.807, 2.05) is 6.92 Å². The Kier molecular flexibility index (Phi) is 4.97. The van der Waals surface area contributed by atoms with Crippen molar-refractivity contribution in [2.24, 2.45) is 0 Å². The van der Waals surface area contributed by atoms with Crippen LogP contribution in [-0.4, -0.2) is 18.3 Å². The molecule has 0 saturated heterocycles. The molecule has 1 N–H and O–H groups in total. The van der Waals surface area contributed by atoms with Crippen molar-refractivity contribution < 1.29 is 14.3 Å². The summed E-state index contributed by atoms with van der Waals surface area (Å²) in [4.78, 5) is 21.8. The molecule has 0 fully saturated rings. The second-order valence-electron chi connectivity index (χ2n) is 3.44. The van der Waals surface area contributed by atoms with E-state index < -0.39 is 11.7 Å². The zero-order valence-corrected chi connectivity index (χ0v) is 10.5. The van der Waals surface area contributed by atoms with E-state index in [2.05, 4.69) is 5.32 Å². The molecular weight excluding hydrogens is 242 g/mol. The minimum atomic E-state index is -0.602. The highest BCUT2D eigenvalue weighted by Crippen LogP contribution is 2.25. The molecule has 0 aromatic heterocycles. The highest BCUT2D eigenvalue weighted by Gasteiger charge is 2.07. The molecule has 1 rings (SSSR count). The molecule has 1 aromatic carbocycles. The highest BCUT2D eigenvalue weighted by molar-refractivity contribution is 6.35. The van der Waals surface area contributed by atoms with Crippen molar-refractivity contribution in [2.45, 2.75) is 20.4 Å². The number of rotatable bonds is 5. The van der Waals surface area contributed by atoms with Crippen LogP contribution in [0.1, 0.15) is 19.4 Å². The second-order valence-corrected chi connectivity index (χ2v) is 3.84. The average molecular weight is 256 g/mol. The number of hydrogen-bond acceptors (Lipinski definition) is 3. The van der Waals surface area contributed by atoms with Gasteiger partial charge in [0.2, 0.25) is 5.78 Å². The first-order chi connectivity index (χ1) is 8.04. The topological polar surface area (TPSA) is 55.4 Å². The van der Waals surface area contributed by atoms with Crippen LogP contribution in [0.2, 0.25) is 5.02 Å². The van der Waals surface area contributed by atoms with Gasteiger partial charge in [0.1, 0.15) is 5.75 Å². The molecule has 0 bridgehead atoms. The number of carbonyl (C=O) groups is 2. The molecule has 0 saturated carbocycles. The van der Waals surface area contributed by atoms with Crippen LogP contribution in [0.15, 0.2) is 18.2 Å². The van der Waals surface area contributed by atoms with Crippen molar-refractivity contribution in [2.75, 3.05) is 6.61 Å². The Morgan fingerprint density at radius 3 is 2.65 bits per heavy atom. The van der Waals surface area contributed by atoms with Gasteiger partial charge in [-0.1, -0.05) is 17.7 Å². The second kappa shape index (κ2) is 6.25. The van der Waals surface area contributed by atoms with Crippen LogP contribution in [-0.2, 0) is 16.1 Å². The molecule has 4 nitrogen and oxygen atoms in total. The van der Waals surface area contributed by atoms with Crippen molar-refractivity contribution in [1.82, 2.24) is 5.32 Å². The first kappa shape index (κ1) is 13.5. The Hall–Kier alpha value is -1.55. The van der Waals surface area contributed by atoms with Crippen LogP contribution in [0, 0.1) is 0 Å². The number of Topliss-reactive ketones (excluding diaryl/α,β-unsaturated/α-hetero) is 1. The zero-order valence-electron chi connectivity index (χ0n) is 9.75. The van der Waals surface area contributed by atoms with Gasteiger partial charge in [-0.2, -0.15) is 0 Å². The molecule has 17 heavy (non-hydrogen) atoms. The third-order valence-corrected chi connectivity index (χ3v) is 2.36. The summed E-state index contributed by atoms with van der Waals surface area (Å²) in [6, 6.07) is 5.23. The standard InChI is InChI=1S/C12H14ClNO3/c1-3-17-11-5-4-9(6-10(11)13)7-14-12(16)8(2)15/h4-6H,3,7H2,1-2H3,(H,14,16). The van der Waals surface area contributed by atoms with Crippen LogP contribution < -0.4 is 10.1 Å². The van der Waals surface area contributed by atoms with Gasteiger partial charge < -0.3 is 10.1 Å². The van der Waals surface area contributed by atoms with Crippen molar-refractivity contribution in [3.05, 3.63) is 28.8 Å². The summed E-state index contributed by atoms with van der Waals surface area (Å²) in [5, 5.41) is 2.98. The van der Waals surface area contributed by atoms with Gasteiger partial charge in [0.25, 0.3) is 5.91 Å². The minimum absolute atomic E-state index is 0.268. The number of benzene rings is 1. The van der Waals surface area contributed by atoms with E-state index in [-0.39, 0.29) is 6.54 Å². The van der Waals surface area contributed by atoms with Crippen LogP contribution in [0.4, 0.5) is 0 Å². The fourth-order valence-corrected chi connectivity index (χ4v) is 1.49. The summed E-state index contributed by atoms with van der Waals surface area (Å²) in [5.41, 5.74) is 0.813. The molecule has 0 heterocycles. The SMILES string of the molecule is CCOc1ccc(CNC(=O)C(C)=O)cc1Cl. The number of carbonyl (C=O) groups excluding carboxylic acids is 2. The zero-order chi connectivity index (χ0) is 12.8. The van der Waals surface area contributed by atoms with Gasteiger partial charge in [0.15, 0.2) is 0 Å². The third-order valence-electron chi connectivity index (χ3n) is 2.07. The monoisotopic (exact) mass is 255 g/mol. The molecule has 0 aliphatic carbocycles. The lowest BCUT2D eigenvalue weighted by Crippen LogP contribution is -2.28. The van der Waals surface area contributed by atoms with Crippen LogP contribution >= 0.6 is 11.6 Å². The number of ketones is 1. The van der Waals surface area contributed by atoms with E-state index in [0.29, 0.717) is 17.4 Å². The Labute approximate surface area is 105 Å². The minimum Gasteiger partial charge on any atom is -0.492 e. The van der Waals surface area contributed by atoms with Crippen molar-refractivity contribution in [3.63, 3.8) is 0 Å². The lowest BCUT2D eigenvalue weighted by molar-refractivity contribution is -0.136. The van der Waals surface area contributed by atoms with E-state index in [1.54, 1.807) is 18.2 Å². The number of halogens is 1. The first-order valence-corrected chi connectivity index (χ1v) is 5.62. The number of nitrogens with one attached hydrogen (secondary N) is 1. The van der Waals surface area contributed by atoms with Gasteiger partial charge in [-0.3, -0.25) is 9.59 Å². The van der Waals surface area contributed by atoms with Gasteiger partial charge in [0, 0.05) is 13.5 Å². The Balaban J connectivity index is 2.64. The third kappa shape index (κ3) is 4.07. The molecule has 1 amide bonds. The molecule has 5 heteroatoms. The maximum Gasteiger partial charge on any atom is 0.287 e. The fraction of sp³-hybridized carbons (Fsp3) is 0.333. The largest absolute Gasteiger partial charge is 0.492 e. The van der Waals surface area contributed by atoms with E-state index in [4.69, 9.17) is 16.3 Å². The Bertz CT molecular complexity index is 432. The maximum atomic E-state index is 11.1. The smallest absolute Gasteiger partial charge is 0.287 e. The summed E-state index contributed by atoms with van der Waals surface area (Å²) in [6.45, 7) is 3.91. The molecule has 92 valence electrons. The lowest BCUT2D eigenvalue weighted by Gasteiger charge is -2.08. The normalized spacial score (nSPS) is 9.82. The van der Waals surface area contributed by atoms with Gasteiger partial charge in [-0.25, -0.2) is 0 Å². The van der Waals surface area contributed by atoms with Crippen molar-refractivity contribution in [3.8, 4) is 5.75 Å². The van der Waals surface area contributed by atoms with Crippen LogP contribution in [0.25, 0.3) is 0 Å². The molecule has 0 unspecified atom stereocenters. The van der Waals surface area contributed by atoms with Crippen LogP contribution in [0.3, 0.4) is 0 Å². The van der Waals surface area contributed by atoms with Crippen molar-refractivity contribution >= 4 is 23.3 Å². The predicted octanol–water partition coefficient (Wildman–Crippen LogP) is 1.94. The van der Waals surface area contributed by atoms with Gasteiger partial charge in [0.05, 0.1) is 11.6 Å². The fourth-order valence-electron chi connectivity index (χ4n) is 1.23. The molecular formula is C12H14ClNO3. The van der Waals surface area contributed by atoms with E-state index in [1.165, 1.54) is 6.92 Å². The molecule has 0 aliphatic heterocycles.